The third-order valence-corrected chi connectivity index (χ3v) is 4.09. The fourth-order valence-electron chi connectivity index (χ4n) is 2.68. The summed E-state index contributed by atoms with van der Waals surface area (Å²) in [4.78, 5) is 15.7. The second-order valence-electron chi connectivity index (χ2n) is 5.53. The van der Waals surface area contributed by atoms with Gasteiger partial charge in [-0.1, -0.05) is 12.1 Å². The predicted octanol–water partition coefficient (Wildman–Crippen LogP) is 1.56. The molecule has 4 nitrogen and oxygen atoms in total. The molecule has 1 fully saturated rings. The van der Waals surface area contributed by atoms with Crippen LogP contribution < -0.4 is 10.2 Å². The molecule has 1 aromatic carbocycles. The number of anilines is 1. The van der Waals surface area contributed by atoms with Crippen molar-refractivity contribution in [3.8, 4) is 0 Å². The maximum absolute atomic E-state index is 10.9. The van der Waals surface area contributed by atoms with Gasteiger partial charge in [0.05, 0.1) is 0 Å². The molecule has 0 spiro atoms. The van der Waals surface area contributed by atoms with Crippen molar-refractivity contribution in [1.82, 2.24) is 10.2 Å². The topological polar surface area (TPSA) is 35.6 Å². The number of hydrogen-bond acceptors (Lipinski definition) is 3. The van der Waals surface area contributed by atoms with Crippen molar-refractivity contribution < 1.29 is 4.79 Å². The van der Waals surface area contributed by atoms with Crippen LogP contribution >= 0.6 is 0 Å². The van der Waals surface area contributed by atoms with Crippen LogP contribution in [-0.4, -0.2) is 50.1 Å². The summed E-state index contributed by atoms with van der Waals surface area (Å²) in [5.41, 5.74) is 4.11. The molecule has 1 aromatic rings. The lowest BCUT2D eigenvalue weighted by Gasteiger charge is -2.37. The lowest BCUT2D eigenvalue weighted by molar-refractivity contribution is -0.119. The number of nitrogens with one attached hydrogen (secondary N) is 1. The van der Waals surface area contributed by atoms with E-state index in [2.05, 4.69) is 47.2 Å². The molecule has 110 valence electrons. The number of carbonyl (C=O) groups excluding carboxylic acids is 1. The molecule has 4 heteroatoms. The predicted molar refractivity (Wildman–Crippen MR) is 83.3 cm³/mol. The van der Waals surface area contributed by atoms with Crippen LogP contribution in [0.25, 0.3) is 0 Å². The molecule has 20 heavy (non-hydrogen) atoms. The van der Waals surface area contributed by atoms with Gasteiger partial charge in [-0.2, -0.15) is 0 Å². The summed E-state index contributed by atoms with van der Waals surface area (Å²) in [6.07, 6.45) is 0. The molecule has 0 aromatic heterocycles. The molecule has 0 saturated carbocycles. The number of aryl methyl sites for hydroxylation is 1. The van der Waals surface area contributed by atoms with Gasteiger partial charge in [0.15, 0.2) is 0 Å². The third-order valence-electron chi connectivity index (χ3n) is 4.09. The average Bonchev–Trinajstić information content (AvgIpc) is 2.42. The Labute approximate surface area is 121 Å². The highest BCUT2D eigenvalue weighted by molar-refractivity contribution is 5.72. The number of nitrogens with zero attached hydrogens (tertiary/aromatic N) is 2. The van der Waals surface area contributed by atoms with Crippen molar-refractivity contribution in [2.24, 2.45) is 0 Å². The highest BCUT2D eigenvalue weighted by atomic mass is 16.1. The van der Waals surface area contributed by atoms with Crippen LogP contribution in [-0.2, 0) is 4.79 Å². The Morgan fingerprint density at radius 2 is 1.90 bits per heavy atom. The van der Waals surface area contributed by atoms with Gasteiger partial charge in [-0.15, -0.1) is 0 Å². The van der Waals surface area contributed by atoms with Crippen molar-refractivity contribution in [2.75, 3.05) is 44.2 Å². The van der Waals surface area contributed by atoms with E-state index < -0.39 is 0 Å². The van der Waals surface area contributed by atoms with E-state index in [0.29, 0.717) is 0 Å². The van der Waals surface area contributed by atoms with Gasteiger partial charge in [-0.3, -0.25) is 9.69 Å². The summed E-state index contributed by atoms with van der Waals surface area (Å²) in [7, 11) is 0. The number of piperazine rings is 1. The van der Waals surface area contributed by atoms with Crippen molar-refractivity contribution in [3.05, 3.63) is 29.3 Å². The maximum Gasteiger partial charge on any atom is 0.216 e. The van der Waals surface area contributed by atoms with Crippen LogP contribution in [0.4, 0.5) is 5.69 Å². The molecule has 1 amide bonds. The lowest BCUT2D eigenvalue weighted by Crippen LogP contribution is -2.48. The van der Waals surface area contributed by atoms with Crippen LogP contribution in [0.1, 0.15) is 18.1 Å². The molecule has 1 heterocycles. The first-order valence-electron chi connectivity index (χ1n) is 7.36. The van der Waals surface area contributed by atoms with Crippen LogP contribution in [0.3, 0.4) is 0 Å². The molecule has 1 N–H and O–H groups in total. The number of carbonyl (C=O) groups is 1. The van der Waals surface area contributed by atoms with Crippen molar-refractivity contribution in [2.45, 2.75) is 20.8 Å². The van der Waals surface area contributed by atoms with Crippen molar-refractivity contribution in [1.29, 1.82) is 0 Å². The first-order chi connectivity index (χ1) is 9.58. The largest absolute Gasteiger partial charge is 0.369 e. The van der Waals surface area contributed by atoms with E-state index >= 15 is 0 Å². The zero-order valence-corrected chi connectivity index (χ0v) is 12.8. The van der Waals surface area contributed by atoms with Gasteiger partial charge in [-0.05, 0) is 31.0 Å². The van der Waals surface area contributed by atoms with Crippen LogP contribution in [0.15, 0.2) is 18.2 Å². The monoisotopic (exact) mass is 275 g/mol. The fourth-order valence-corrected chi connectivity index (χ4v) is 2.68. The molecule has 1 saturated heterocycles. The number of hydrogen-bond donors (Lipinski definition) is 1. The second-order valence-corrected chi connectivity index (χ2v) is 5.53. The summed E-state index contributed by atoms with van der Waals surface area (Å²) in [6, 6.07) is 6.53. The Morgan fingerprint density at radius 1 is 1.20 bits per heavy atom. The zero-order chi connectivity index (χ0) is 14.5. The first-order valence-corrected chi connectivity index (χ1v) is 7.36. The van der Waals surface area contributed by atoms with E-state index in [4.69, 9.17) is 0 Å². The second kappa shape index (κ2) is 6.75. The van der Waals surface area contributed by atoms with Crippen LogP contribution in [0, 0.1) is 13.8 Å². The van der Waals surface area contributed by atoms with Crippen molar-refractivity contribution >= 4 is 11.6 Å². The van der Waals surface area contributed by atoms with Gasteiger partial charge in [0.2, 0.25) is 5.91 Å². The van der Waals surface area contributed by atoms with Crippen LogP contribution in [0.2, 0.25) is 0 Å². The first kappa shape index (κ1) is 14.9. The smallest absolute Gasteiger partial charge is 0.216 e. The van der Waals surface area contributed by atoms with Gasteiger partial charge in [0.1, 0.15) is 0 Å². The normalized spacial score (nSPS) is 16.2. The molecule has 2 rings (SSSR count). The molecule has 1 aliphatic rings. The molecule has 0 aliphatic carbocycles. The summed E-state index contributed by atoms with van der Waals surface area (Å²) >= 11 is 0. The molecule has 0 atom stereocenters. The number of benzene rings is 1. The molecule has 0 unspecified atom stereocenters. The lowest BCUT2D eigenvalue weighted by atomic mass is 10.1. The molecular weight excluding hydrogens is 250 g/mol. The van der Waals surface area contributed by atoms with Gasteiger partial charge >= 0.3 is 0 Å². The summed E-state index contributed by atoms with van der Waals surface area (Å²) in [5, 5.41) is 2.86. The van der Waals surface area contributed by atoms with E-state index in [1.54, 1.807) is 6.92 Å². The van der Waals surface area contributed by atoms with E-state index in [-0.39, 0.29) is 5.91 Å². The number of rotatable bonds is 4. The SMILES string of the molecule is CC(=O)NCCN1CCN(c2cccc(C)c2C)CC1. The highest BCUT2D eigenvalue weighted by Gasteiger charge is 2.18. The highest BCUT2D eigenvalue weighted by Crippen LogP contribution is 2.23. The average molecular weight is 275 g/mol. The molecule has 0 bridgehead atoms. The van der Waals surface area contributed by atoms with E-state index in [1.165, 1.54) is 16.8 Å². The minimum Gasteiger partial charge on any atom is -0.369 e. The Balaban J connectivity index is 1.85. The number of amides is 1. The van der Waals surface area contributed by atoms with Crippen LogP contribution in [0.5, 0.6) is 0 Å². The van der Waals surface area contributed by atoms with Gasteiger partial charge in [0, 0.05) is 51.9 Å². The maximum atomic E-state index is 10.9. The Bertz CT molecular complexity index is 465. The minimum atomic E-state index is 0.0546. The Kier molecular flexibility index (Phi) is 5.01. The van der Waals surface area contributed by atoms with Gasteiger partial charge in [0.25, 0.3) is 0 Å². The standard InChI is InChI=1S/C16H25N3O/c1-13-5-4-6-16(14(13)2)19-11-9-18(10-12-19)8-7-17-15(3)20/h4-6H,7-12H2,1-3H3,(H,17,20). The van der Waals surface area contributed by atoms with E-state index in [9.17, 15) is 4.79 Å². The molecule has 0 radical (unpaired) electrons. The minimum absolute atomic E-state index is 0.0546. The van der Waals surface area contributed by atoms with E-state index in [1.807, 2.05) is 0 Å². The fraction of sp³-hybridized carbons (Fsp3) is 0.562. The van der Waals surface area contributed by atoms with Crippen molar-refractivity contribution in [3.63, 3.8) is 0 Å². The summed E-state index contributed by atoms with van der Waals surface area (Å²) in [5.74, 6) is 0.0546. The third kappa shape index (κ3) is 3.73. The van der Waals surface area contributed by atoms with Gasteiger partial charge in [-0.25, -0.2) is 0 Å². The molecular formula is C16H25N3O. The van der Waals surface area contributed by atoms with Gasteiger partial charge < -0.3 is 10.2 Å². The Morgan fingerprint density at radius 3 is 2.55 bits per heavy atom. The van der Waals surface area contributed by atoms with E-state index in [0.717, 1.165) is 39.3 Å². The molecule has 1 aliphatic heterocycles. The summed E-state index contributed by atoms with van der Waals surface area (Å²) in [6.45, 7) is 11.9. The Hall–Kier alpha value is -1.55. The summed E-state index contributed by atoms with van der Waals surface area (Å²) < 4.78 is 0. The quantitative estimate of drug-likeness (QED) is 0.906. The zero-order valence-electron chi connectivity index (χ0n) is 12.8.